The second-order valence-corrected chi connectivity index (χ2v) is 13.5. The number of imide groups is 1. The van der Waals surface area contributed by atoms with E-state index in [1.54, 1.807) is 0 Å². The number of hydrogen-bond acceptors (Lipinski definition) is 3. The van der Waals surface area contributed by atoms with E-state index >= 15 is 0 Å². The highest BCUT2D eigenvalue weighted by molar-refractivity contribution is 8.02. The van der Waals surface area contributed by atoms with E-state index in [9.17, 15) is 9.59 Å². The van der Waals surface area contributed by atoms with Gasteiger partial charge in [-0.2, -0.15) is 11.8 Å². The van der Waals surface area contributed by atoms with Crippen molar-refractivity contribution in [1.29, 1.82) is 0 Å². The second-order valence-electron chi connectivity index (χ2n) is 6.60. The van der Waals surface area contributed by atoms with Gasteiger partial charge in [-0.1, -0.05) is 37.8 Å². The van der Waals surface area contributed by atoms with E-state index in [-0.39, 0.29) is 23.7 Å². The van der Waals surface area contributed by atoms with Crippen LogP contribution in [0.25, 0.3) is 0 Å². The topological polar surface area (TPSA) is 37.4 Å². The van der Waals surface area contributed by atoms with E-state index in [0.29, 0.717) is 4.87 Å². The highest BCUT2D eigenvalue weighted by Gasteiger charge is 2.57. The molecule has 2 fully saturated rings. The van der Waals surface area contributed by atoms with Crippen molar-refractivity contribution in [3.05, 3.63) is 30.3 Å². The third kappa shape index (κ3) is 2.04. The fourth-order valence-corrected chi connectivity index (χ4v) is 8.21. The average Bonchev–Trinajstić information content (AvgIpc) is 2.92. The molecule has 1 aromatic carbocycles. The summed E-state index contributed by atoms with van der Waals surface area (Å²) in [6.07, 6.45) is 0. The molecule has 0 N–H and O–H groups in total. The summed E-state index contributed by atoms with van der Waals surface area (Å²) in [6.45, 7) is 6.86. The summed E-state index contributed by atoms with van der Waals surface area (Å²) >= 11 is 1.84. The largest absolute Gasteiger partial charge is 0.274 e. The zero-order valence-corrected chi connectivity index (χ0v) is 13.8. The third-order valence-corrected chi connectivity index (χ3v) is 10.0. The Labute approximate surface area is 124 Å². The maximum absolute atomic E-state index is 12.8. The zero-order valence-electron chi connectivity index (χ0n) is 12.0. The molecule has 2 aliphatic heterocycles. The zero-order chi connectivity index (χ0) is 14.5. The van der Waals surface area contributed by atoms with Crippen LogP contribution in [0.1, 0.15) is 0 Å². The van der Waals surface area contributed by atoms with Crippen molar-refractivity contribution in [1.82, 2.24) is 0 Å². The minimum absolute atomic E-state index is 0.000509. The summed E-state index contributed by atoms with van der Waals surface area (Å²) in [4.78, 5) is 27.1. The molecule has 2 saturated heterocycles. The molecule has 3 nitrogen and oxygen atoms in total. The molecule has 0 saturated carbocycles. The summed E-state index contributed by atoms with van der Waals surface area (Å²) < 4.78 is 0. The molecule has 20 heavy (non-hydrogen) atoms. The van der Waals surface area contributed by atoms with E-state index in [2.05, 4.69) is 19.6 Å². The fourth-order valence-electron chi connectivity index (χ4n) is 3.20. The van der Waals surface area contributed by atoms with Crippen LogP contribution in [0.3, 0.4) is 0 Å². The van der Waals surface area contributed by atoms with Crippen molar-refractivity contribution >= 4 is 37.3 Å². The summed E-state index contributed by atoms with van der Waals surface area (Å²) in [5.74, 6) is 0.611. The van der Waals surface area contributed by atoms with Gasteiger partial charge in [0.15, 0.2) is 0 Å². The molecule has 0 radical (unpaired) electrons. The molecule has 3 rings (SSSR count). The molecule has 0 spiro atoms. The molecule has 3 atom stereocenters. The van der Waals surface area contributed by atoms with Crippen molar-refractivity contribution in [2.75, 3.05) is 10.7 Å². The number of nitrogens with zero attached hydrogens (tertiary/aromatic N) is 1. The van der Waals surface area contributed by atoms with Crippen molar-refractivity contribution in [2.24, 2.45) is 11.8 Å². The number of thioether (sulfide) groups is 1. The van der Waals surface area contributed by atoms with Gasteiger partial charge in [-0.3, -0.25) is 14.5 Å². The molecule has 2 heterocycles. The standard InChI is InChI=1S/C15H19NO2SSi/c1-20(2,3)15-12-11(9-19-15)13(17)16(14(12)18)10-7-5-4-6-8-10/h4-8,11-12,15H,9H2,1-3H3. The lowest BCUT2D eigenvalue weighted by Gasteiger charge is -2.28. The third-order valence-electron chi connectivity index (χ3n) is 4.13. The number of para-hydroxylation sites is 1. The summed E-state index contributed by atoms with van der Waals surface area (Å²) in [6, 6.07) is 9.32. The van der Waals surface area contributed by atoms with Gasteiger partial charge in [0, 0.05) is 10.6 Å². The van der Waals surface area contributed by atoms with E-state index in [0.717, 1.165) is 11.4 Å². The lowest BCUT2D eigenvalue weighted by atomic mass is 9.99. The number of carbonyl (C=O) groups excluding carboxylic acids is 2. The summed E-state index contributed by atoms with van der Waals surface area (Å²) in [7, 11) is -1.45. The number of amides is 2. The van der Waals surface area contributed by atoms with Gasteiger partial charge in [-0.25, -0.2) is 0 Å². The predicted octanol–water partition coefficient (Wildman–Crippen LogP) is 2.79. The molecule has 2 aliphatic rings. The summed E-state index contributed by atoms with van der Waals surface area (Å²) in [5.41, 5.74) is 0.719. The first-order valence-corrected chi connectivity index (χ1v) is 11.6. The Morgan fingerprint density at radius 1 is 1.10 bits per heavy atom. The normalized spacial score (nSPS) is 29.9. The Hall–Kier alpha value is -1.07. The molecule has 106 valence electrons. The van der Waals surface area contributed by atoms with Crippen molar-refractivity contribution in [3.8, 4) is 0 Å². The first-order valence-electron chi connectivity index (χ1n) is 6.96. The number of benzene rings is 1. The van der Waals surface area contributed by atoms with Gasteiger partial charge in [-0.15, -0.1) is 0 Å². The summed E-state index contributed by atoms with van der Waals surface area (Å²) in [5, 5.41) is 0. The number of anilines is 1. The van der Waals surface area contributed by atoms with Gasteiger partial charge in [0.2, 0.25) is 11.8 Å². The van der Waals surface area contributed by atoms with Crippen LogP contribution in [0.15, 0.2) is 30.3 Å². The van der Waals surface area contributed by atoms with Crippen LogP contribution in [0.5, 0.6) is 0 Å². The number of rotatable bonds is 2. The Balaban J connectivity index is 1.96. The van der Waals surface area contributed by atoms with Crippen molar-refractivity contribution in [2.45, 2.75) is 24.5 Å². The van der Waals surface area contributed by atoms with Crippen LogP contribution in [0, 0.1) is 11.8 Å². The van der Waals surface area contributed by atoms with Gasteiger partial charge < -0.3 is 0 Å². The molecular weight excluding hydrogens is 286 g/mol. The SMILES string of the molecule is C[Si](C)(C)C1SCC2C(=O)N(c3ccccc3)C(=O)C21. The Kier molecular flexibility index (Phi) is 3.29. The molecule has 3 unspecified atom stereocenters. The molecular formula is C15H19NO2SSi. The smallest absolute Gasteiger partial charge is 0.238 e. The van der Waals surface area contributed by atoms with Crippen LogP contribution in [-0.4, -0.2) is 30.5 Å². The van der Waals surface area contributed by atoms with Crippen molar-refractivity contribution in [3.63, 3.8) is 0 Å². The minimum Gasteiger partial charge on any atom is -0.274 e. The predicted molar refractivity (Wildman–Crippen MR) is 85.5 cm³/mol. The number of fused-ring (bicyclic) bond motifs is 1. The maximum Gasteiger partial charge on any atom is 0.238 e. The van der Waals surface area contributed by atoms with Crippen LogP contribution < -0.4 is 4.90 Å². The first-order chi connectivity index (χ1) is 9.41. The van der Waals surface area contributed by atoms with Gasteiger partial charge in [0.1, 0.15) is 0 Å². The Morgan fingerprint density at radius 3 is 2.35 bits per heavy atom. The Morgan fingerprint density at radius 2 is 1.75 bits per heavy atom. The van der Waals surface area contributed by atoms with Gasteiger partial charge in [-0.05, 0) is 12.1 Å². The second kappa shape index (κ2) is 4.74. The van der Waals surface area contributed by atoms with E-state index < -0.39 is 8.07 Å². The van der Waals surface area contributed by atoms with Crippen LogP contribution >= 0.6 is 11.8 Å². The molecule has 2 amide bonds. The molecule has 0 bridgehead atoms. The monoisotopic (exact) mass is 305 g/mol. The quantitative estimate of drug-likeness (QED) is 0.623. The van der Waals surface area contributed by atoms with Gasteiger partial charge in [0.05, 0.1) is 25.6 Å². The highest BCUT2D eigenvalue weighted by Crippen LogP contribution is 2.47. The van der Waals surface area contributed by atoms with Crippen molar-refractivity contribution < 1.29 is 9.59 Å². The van der Waals surface area contributed by atoms with Gasteiger partial charge in [0.25, 0.3) is 0 Å². The van der Waals surface area contributed by atoms with E-state index in [1.165, 1.54) is 4.90 Å². The molecule has 1 aromatic rings. The van der Waals surface area contributed by atoms with Gasteiger partial charge >= 0.3 is 0 Å². The fraction of sp³-hybridized carbons (Fsp3) is 0.467. The van der Waals surface area contributed by atoms with Crippen LogP contribution in [0.2, 0.25) is 19.6 Å². The number of carbonyl (C=O) groups is 2. The first kappa shape index (κ1) is 13.9. The Bertz CT molecular complexity index is 555. The maximum atomic E-state index is 12.8. The van der Waals surface area contributed by atoms with Crippen LogP contribution in [0.4, 0.5) is 5.69 Å². The van der Waals surface area contributed by atoms with Crippen LogP contribution in [-0.2, 0) is 9.59 Å². The average molecular weight is 305 g/mol. The number of hydrogen-bond donors (Lipinski definition) is 0. The lowest BCUT2D eigenvalue weighted by Crippen LogP contribution is -2.43. The lowest BCUT2D eigenvalue weighted by molar-refractivity contribution is -0.122. The molecule has 0 aromatic heterocycles. The molecule has 5 heteroatoms. The minimum atomic E-state index is -1.45. The van der Waals surface area contributed by atoms with E-state index in [1.807, 2.05) is 42.1 Å². The highest BCUT2D eigenvalue weighted by atomic mass is 32.2. The van der Waals surface area contributed by atoms with E-state index in [4.69, 9.17) is 0 Å². The molecule has 0 aliphatic carbocycles.